The van der Waals surface area contributed by atoms with Gasteiger partial charge in [0.25, 0.3) is 0 Å². The van der Waals surface area contributed by atoms with Gasteiger partial charge >= 0.3 is 0 Å². The number of rotatable bonds is 3. The Balaban J connectivity index is 3.15. The molecule has 0 spiro atoms. The van der Waals surface area contributed by atoms with E-state index in [0.717, 1.165) is 11.1 Å². The normalized spacial score (nSPS) is 11.6. The second-order valence-corrected chi connectivity index (χ2v) is 4.60. The van der Waals surface area contributed by atoms with Crippen LogP contribution < -0.4 is 10.5 Å². The summed E-state index contributed by atoms with van der Waals surface area (Å²) < 4.78 is 18.6. The molecular formula is C12H18FNO. The smallest absolute Gasteiger partial charge is 0.165 e. The zero-order chi connectivity index (χ0) is 11.6. The van der Waals surface area contributed by atoms with Crippen molar-refractivity contribution in [3.63, 3.8) is 0 Å². The Kier molecular flexibility index (Phi) is 3.35. The Morgan fingerprint density at radius 1 is 1.40 bits per heavy atom. The van der Waals surface area contributed by atoms with Crippen molar-refractivity contribution in [2.24, 2.45) is 5.73 Å². The van der Waals surface area contributed by atoms with E-state index in [1.54, 1.807) is 0 Å². The van der Waals surface area contributed by atoms with Crippen LogP contribution in [0.5, 0.6) is 5.75 Å². The van der Waals surface area contributed by atoms with Crippen LogP contribution in [0.2, 0.25) is 0 Å². The molecule has 0 unspecified atom stereocenters. The van der Waals surface area contributed by atoms with Crippen LogP contribution in [0.15, 0.2) is 12.1 Å². The molecule has 0 aliphatic carbocycles. The van der Waals surface area contributed by atoms with Crippen LogP contribution in [0, 0.1) is 12.7 Å². The highest BCUT2D eigenvalue weighted by molar-refractivity contribution is 5.39. The topological polar surface area (TPSA) is 35.2 Å². The number of nitrogens with two attached hydrogens (primary N) is 1. The maximum atomic E-state index is 13.5. The second kappa shape index (κ2) is 4.19. The third-order valence-electron chi connectivity index (χ3n) is 2.12. The summed E-state index contributed by atoms with van der Waals surface area (Å²) in [7, 11) is 1.47. The highest BCUT2D eigenvalue weighted by atomic mass is 19.1. The van der Waals surface area contributed by atoms with Crippen molar-refractivity contribution >= 4 is 0 Å². The lowest BCUT2D eigenvalue weighted by Gasteiger charge is -2.20. The molecule has 1 aromatic carbocycles. The highest BCUT2D eigenvalue weighted by Crippen LogP contribution is 2.26. The second-order valence-electron chi connectivity index (χ2n) is 4.60. The van der Waals surface area contributed by atoms with Gasteiger partial charge in [0.2, 0.25) is 0 Å². The average Bonchev–Trinajstić information content (AvgIpc) is 1.99. The first kappa shape index (κ1) is 12.0. The van der Waals surface area contributed by atoms with E-state index >= 15 is 0 Å². The molecule has 0 radical (unpaired) electrons. The minimum absolute atomic E-state index is 0.305. The lowest BCUT2D eigenvalue weighted by molar-refractivity contribution is 0.375. The molecule has 0 saturated heterocycles. The van der Waals surface area contributed by atoms with E-state index in [4.69, 9.17) is 10.5 Å². The quantitative estimate of drug-likeness (QED) is 0.833. The molecule has 0 heterocycles. The summed E-state index contributed by atoms with van der Waals surface area (Å²) in [4.78, 5) is 0. The van der Waals surface area contributed by atoms with Crippen LogP contribution in [-0.4, -0.2) is 12.6 Å². The first-order valence-corrected chi connectivity index (χ1v) is 4.95. The fourth-order valence-electron chi connectivity index (χ4n) is 1.65. The van der Waals surface area contributed by atoms with E-state index in [-0.39, 0.29) is 11.4 Å². The summed E-state index contributed by atoms with van der Waals surface area (Å²) in [6, 6.07) is 3.38. The molecule has 84 valence electrons. The number of halogens is 1. The molecule has 0 atom stereocenters. The van der Waals surface area contributed by atoms with Gasteiger partial charge in [0.05, 0.1) is 7.11 Å². The van der Waals surface area contributed by atoms with E-state index in [2.05, 4.69) is 0 Å². The minimum atomic E-state index is -0.368. The number of methoxy groups -OCH3 is 1. The predicted octanol–water partition coefficient (Wildman–Crippen LogP) is 2.42. The van der Waals surface area contributed by atoms with Crippen LogP contribution >= 0.6 is 0 Å². The summed E-state index contributed by atoms with van der Waals surface area (Å²) in [5, 5.41) is 0. The third kappa shape index (κ3) is 3.20. The van der Waals surface area contributed by atoms with Crippen molar-refractivity contribution in [3.8, 4) is 5.75 Å². The van der Waals surface area contributed by atoms with Gasteiger partial charge in [-0.3, -0.25) is 0 Å². The van der Waals surface area contributed by atoms with E-state index < -0.39 is 0 Å². The van der Waals surface area contributed by atoms with Crippen molar-refractivity contribution in [1.82, 2.24) is 0 Å². The van der Waals surface area contributed by atoms with Crippen molar-refractivity contribution in [2.75, 3.05) is 7.11 Å². The molecule has 0 aromatic heterocycles. The summed E-state index contributed by atoms with van der Waals surface area (Å²) in [6.07, 6.45) is 0.592. The van der Waals surface area contributed by atoms with Gasteiger partial charge in [-0.25, -0.2) is 4.39 Å². The first-order valence-electron chi connectivity index (χ1n) is 4.95. The monoisotopic (exact) mass is 211 g/mol. The molecule has 3 heteroatoms. The van der Waals surface area contributed by atoms with Crippen molar-refractivity contribution in [2.45, 2.75) is 32.7 Å². The average molecular weight is 211 g/mol. The van der Waals surface area contributed by atoms with Crippen LogP contribution in [0.25, 0.3) is 0 Å². The van der Waals surface area contributed by atoms with Gasteiger partial charge in [-0.15, -0.1) is 0 Å². The van der Waals surface area contributed by atoms with Gasteiger partial charge in [-0.05, 0) is 44.4 Å². The molecule has 0 fully saturated rings. The summed E-state index contributed by atoms with van der Waals surface area (Å²) in [5.41, 5.74) is 7.25. The lowest BCUT2D eigenvalue weighted by Crippen LogP contribution is -2.34. The maximum Gasteiger partial charge on any atom is 0.165 e. The molecule has 2 N–H and O–H groups in total. The standard InChI is InChI=1S/C12H18FNO/c1-8-5-9(7-12(2,3)14)11(15-4)10(13)6-8/h5-6H,7,14H2,1-4H3. The fraction of sp³-hybridized carbons (Fsp3) is 0.500. The number of hydrogen-bond donors (Lipinski definition) is 1. The number of hydrogen-bond acceptors (Lipinski definition) is 2. The van der Waals surface area contributed by atoms with Gasteiger partial charge < -0.3 is 10.5 Å². The molecular weight excluding hydrogens is 193 g/mol. The van der Waals surface area contributed by atoms with Gasteiger partial charge in [0.1, 0.15) is 0 Å². The van der Waals surface area contributed by atoms with Crippen molar-refractivity contribution < 1.29 is 9.13 Å². The third-order valence-corrected chi connectivity index (χ3v) is 2.12. The van der Waals surface area contributed by atoms with Gasteiger partial charge in [0, 0.05) is 5.54 Å². The Bertz CT molecular complexity index is 355. The van der Waals surface area contributed by atoms with E-state index in [1.807, 2.05) is 26.8 Å². The fourth-order valence-corrected chi connectivity index (χ4v) is 1.65. The van der Waals surface area contributed by atoms with Crippen LogP contribution in [0.1, 0.15) is 25.0 Å². The number of ether oxygens (including phenoxy) is 1. The Hall–Kier alpha value is -1.09. The Morgan fingerprint density at radius 2 is 2.00 bits per heavy atom. The predicted molar refractivity (Wildman–Crippen MR) is 59.7 cm³/mol. The van der Waals surface area contributed by atoms with E-state index in [0.29, 0.717) is 12.2 Å². The molecule has 0 saturated carbocycles. The molecule has 0 bridgehead atoms. The van der Waals surface area contributed by atoms with Crippen LogP contribution in [-0.2, 0) is 6.42 Å². The summed E-state index contributed by atoms with van der Waals surface area (Å²) in [5.74, 6) is -0.0177. The van der Waals surface area contributed by atoms with E-state index in [1.165, 1.54) is 13.2 Å². The lowest BCUT2D eigenvalue weighted by atomic mass is 9.94. The Morgan fingerprint density at radius 3 is 2.47 bits per heavy atom. The molecule has 0 amide bonds. The zero-order valence-corrected chi connectivity index (χ0v) is 9.73. The van der Waals surface area contributed by atoms with Crippen LogP contribution in [0.4, 0.5) is 4.39 Å². The summed E-state index contributed by atoms with van der Waals surface area (Å²) >= 11 is 0. The highest BCUT2D eigenvalue weighted by Gasteiger charge is 2.17. The maximum absolute atomic E-state index is 13.5. The SMILES string of the molecule is COc1c(F)cc(C)cc1CC(C)(C)N. The summed E-state index contributed by atoms with van der Waals surface area (Å²) in [6.45, 7) is 5.68. The van der Waals surface area contributed by atoms with Crippen molar-refractivity contribution in [3.05, 3.63) is 29.1 Å². The zero-order valence-electron chi connectivity index (χ0n) is 9.73. The first-order chi connectivity index (χ1) is 6.83. The number of benzene rings is 1. The Labute approximate surface area is 90.2 Å². The van der Waals surface area contributed by atoms with Gasteiger partial charge in [-0.1, -0.05) is 6.07 Å². The van der Waals surface area contributed by atoms with Gasteiger partial charge in [-0.2, -0.15) is 0 Å². The van der Waals surface area contributed by atoms with Crippen molar-refractivity contribution in [1.29, 1.82) is 0 Å². The minimum Gasteiger partial charge on any atom is -0.493 e. The van der Waals surface area contributed by atoms with Crippen LogP contribution in [0.3, 0.4) is 0 Å². The molecule has 1 rings (SSSR count). The van der Waals surface area contributed by atoms with Gasteiger partial charge in [0.15, 0.2) is 11.6 Å². The molecule has 1 aromatic rings. The number of aryl methyl sites for hydroxylation is 1. The molecule has 0 aliphatic heterocycles. The molecule has 15 heavy (non-hydrogen) atoms. The molecule has 2 nitrogen and oxygen atoms in total. The largest absolute Gasteiger partial charge is 0.493 e. The molecule has 0 aliphatic rings. The van der Waals surface area contributed by atoms with E-state index in [9.17, 15) is 4.39 Å².